The number of rotatable bonds is 3. The van der Waals surface area contributed by atoms with Gasteiger partial charge in [-0.15, -0.1) is 0 Å². The molecule has 2 aliphatic rings. The second kappa shape index (κ2) is 6.87. The zero-order valence-electron chi connectivity index (χ0n) is 16.4. The molecule has 138 valence electrons. The van der Waals surface area contributed by atoms with Crippen molar-refractivity contribution in [1.29, 1.82) is 0 Å². The smallest absolute Gasteiger partial charge is 0.444 e. The van der Waals surface area contributed by atoms with E-state index >= 15 is 0 Å². The molecule has 0 aromatic carbocycles. The van der Waals surface area contributed by atoms with Gasteiger partial charge in [0, 0.05) is 6.04 Å². The number of hydrogen-bond acceptors (Lipinski definition) is 4. The summed E-state index contributed by atoms with van der Waals surface area (Å²) >= 11 is 0. The minimum absolute atomic E-state index is 0.115. The van der Waals surface area contributed by atoms with Gasteiger partial charge in [-0.3, -0.25) is 0 Å². The van der Waals surface area contributed by atoms with Crippen molar-refractivity contribution in [2.75, 3.05) is 0 Å². The summed E-state index contributed by atoms with van der Waals surface area (Å²) in [6, 6.07) is 0.217. The number of nitrogens with one attached hydrogen (secondary N) is 1. The Balaban J connectivity index is 1.73. The monoisotopic (exact) mass is 339 g/mol. The van der Waals surface area contributed by atoms with Crippen LogP contribution >= 0.6 is 0 Å². The van der Waals surface area contributed by atoms with Gasteiger partial charge >= 0.3 is 13.2 Å². The molecule has 1 aliphatic carbocycles. The van der Waals surface area contributed by atoms with E-state index in [1.807, 2.05) is 20.8 Å². The largest absolute Gasteiger partial charge is 0.458 e. The summed E-state index contributed by atoms with van der Waals surface area (Å²) in [5, 5.41) is 2.99. The zero-order valence-corrected chi connectivity index (χ0v) is 16.4. The Hall–Kier alpha value is -0.745. The first-order valence-corrected chi connectivity index (χ1v) is 9.23. The summed E-state index contributed by atoms with van der Waals surface area (Å²) in [4.78, 5) is 11.9. The van der Waals surface area contributed by atoms with Gasteiger partial charge in [0.1, 0.15) is 5.60 Å². The Bertz CT molecular complexity index is 434. The van der Waals surface area contributed by atoms with Crippen LogP contribution in [0.25, 0.3) is 0 Å². The average Bonchev–Trinajstić information content (AvgIpc) is 2.57. The van der Waals surface area contributed by atoms with Crippen LogP contribution in [0.3, 0.4) is 0 Å². The average molecular weight is 339 g/mol. The number of carbonyl (C=O) groups excluding carboxylic acids is 1. The van der Waals surface area contributed by atoms with E-state index in [1.165, 1.54) is 0 Å². The quantitative estimate of drug-likeness (QED) is 0.785. The Kier molecular flexibility index (Phi) is 5.60. The summed E-state index contributed by atoms with van der Waals surface area (Å²) in [5.41, 5.74) is -0.960. The second-order valence-corrected chi connectivity index (χ2v) is 9.29. The minimum atomic E-state index is -0.446. The SMILES string of the molecule is CC(C)(C)OC(=O)NC1CCC(CB2OC(C)(C)C(C)(C)O2)CC1. The third kappa shape index (κ3) is 5.12. The molecule has 0 spiro atoms. The van der Waals surface area contributed by atoms with Crippen LogP contribution in [0.4, 0.5) is 4.79 Å². The molecule has 2 fully saturated rings. The highest BCUT2D eigenvalue weighted by Crippen LogP contribution is 2.40. The first-order chi connectivity index (χ1) is 10.9. The summed E-state index contributed by atoms with van der Waals surface area (Å²) < 4.78 is 17.5. The number of alkyl carbamates (subject to hydrolysis) is 1. The van der Waals surface area contributed by atoms with E-state index in [2.05, 4.69) is 33.0 Å². The van der Waals surface area contributed by atoms with Gasteiger partial charge in [0.15, 0.2) is 0 Å². The summed E-state index contributed by atoms with van der Waals surface area (Å²) in [5.74, 6) is 0.594. The minimum Gasteiger partial charge on any atom is -0.444 e. The third-order valence-electron chi connectivity index (χ3n) is 5.40. The van der Waals surface area contributed by atoms with Crippen molar-refractivity contribution in [1.82, 2.24) is 5.32 Å². The number of ether oxygens (including phenoxy) is 1. The van der Waals surface area contributed by atoms with E-state index in [-0.39, 0.29) is 30.5 Å². The van der Waals surface area contributed by atoms with E-state index in [4.69, 9.17) is 14.0 Å². The predicted octanol–water partition coefficient (Wildman–Crippen LogP) is 4.16. The zero-order chi connectivity index (χ0) is 18.2. The van der Waals surface area contributed by atoms with Crippen LogP contribution in [0.15, 0.2) is 0 Å². The molecule has 0 atom stereocenters. The molecule has 0 radical (unpaired) electrons. The van der Waals surface area contributed by atoms with E-state index in [0.717, 1.165) is 32.0 Å². The van der Waals surface area contributed by atoms with Crippen molar-refractivity contribution in [3.63, 3.8) is 0 Å². The van der Waals surface area contributed by atoms with Crippen LogP contribution in [0.1, 0.15) is 74.1 Å². The molecular weight excluding hydrogens is 305 g/mol. The lowest BCUT2D eigenvalue weighted by Gasteiger charge is -2.32. The maximum atomic E-state index is 11.9. The van der Waals surface area contributed by atoms with Gasteiger partial charge in [0.2, 0.25) is 0 Å². The molecule has 1 N–H and O–H groups in total. The van der Waals surface area contributed by atoms with Crippen molar-refractivity contribution >= 4 is 13.2 Å². The van der Waals surface area contributed by atoms with Crippen molar-refractivity contribution in [3.8, 4) is 0 Å². The van der Waals surface area contributed by atoms with Crippen molar-refractivity contribution in [3.05, 3.63) is 0 Å². The fourth-order valence-corrected chi connectivity index (χ4v) is 3.35. The molecule has 1 saturated carbocycles. The molecule has 1 saturated heterocycles. The molecule has 1 aliphatic heterocycles. The third-order valence-corrected chi connectivity index (χ3v) is 5.40. The first kappa shape index (κ1) is 19.6. The van der Waals surface area contributed by atoms with Crippen molar-refractivity contribution < 1.29 is 18.8 Å². The lowest BCUT2D eigenvalue weighted by Crippen LogP contribution is -2.41. The summed E-state index contributed by atoms with van der Waals surface area (Å²) in [7, 11) is -0.115. The predicted molar refractivity (Wildman–Crippen MR) is 96.0 cm³/mol. The van der Waals surface area contributed by atoms with Gasteiger partial charge < -0.3 is 19.4 Å². The fourth-order valence-electron chi connectivity index (χ4n) is 3.35. The lowest BCUT2D eigenvalue weighted by molar-refractivity contribution is 0.00578. The number of hydrogen-bond donors (Lipinski definition) is 1. The maximum absolute atomic E-state index is 11.9. The van der Waals surface area contributed by atoms with Crippen LogP contribution in [-0.4, -0.2) is 36.1 Å². The Morgan fingerprint density at radius 2 is 1.58 bits per heavy atom. The molecule has 6 heteroatoms. The van der Waals surface area contributed by atoms with E-state index in [1.54, 1.807) is 0 Å². The van der Waals surface area contributed by atoms with Crippen LogP contribution in [0, 0.1) is 5.92 Å². The van der Waals surface area contributed by atoms with Crippen LogP contribution in [0.5, 0.6) is 0 Å². The van der Waals surface area contributed by atoms with Crippen molar-refractivity contribution in [2.45, 2.75) is 103 Å². The Morgan fingerprint density at radius 3 is 2.04 bits per heavy atom. The van der Waals surface area contributed by atoms with Gasteiger partial charge in [-0.2, -0.15) is 0 Å². The van der Waals surface area contributed by atoms with Crippen molar-refractivity contribution in [2.24, 2.45) is 5.92 Å². The molecule has 0 unspecified atom stereocenters. The summed E-state index contributed by atoms with van der Waals surface area (Å²) in [6.07, 6.45) is 4.78. The highest BCUT2D eigenvalue weighted by molar-refractivity contribution is 6.45. The second-order valence-electron chi connectivity index (χ2n) is 9.29. The number of carbonyl (C=O) groups is 1. The van der Waals surface area contributed by atoms with Crippen LogP contribution in [-0.2, 0) is 14.0 Å². The van der Waals surface area contributed by atoms with Gasteiger partial charge in [-0.1, -0.05) is 0 Å². The van der Waals surface area contributed by atoms with Gasteiger partial charge in [-0.25, -0.2) is 4.79 Å². The van der Waals surface area contributed by atoms with Gasteiger partial charge in [0.05, 0.1) is 11.2 Å². The molecular formula is C18H34BNO4. The van der Waals surface area contributed by atoms with Gasteiger partial charge in [-0.05, 0) is 86.4 Å². The van der Waals surface area contributed by atoms with Crippen LogP contribution < -0.4 is 5.32 Å². The highest BCUT2D eigenvalue weighted by atomic mass is 16.7. The highest BCUT2D eigenvalue weighted by Gasteiger charge is 2.51. The van der Waals surface area contributed by atoms with Crippen LogP contribution in [0.2, 0.25) is 6.32 Å². The van der Waals surface area contributed by atoms with E-state index in [0.29, 0.717) is 5.92 Å². The lowest BCUT2D eigenvalue weighted by atomic mass is 9.71. The van der Waals surface area contributed by atoms with E-state index in [9.17, 15) is 4.79 Å². The molecule has 1 heterocycles. The maximum Gasteiger partial charge on any atom is 0.458 e. The van der Waals surface area contributed by atoms with E-state index < -0.39 is 5.60 Å². The molecule has 1 amide bonds. The molecule has 2 rings (SSSR count). The Labute approximate surface area is 147 Å². The molecule has 0 aromatic rings. The van der Waals surface area contributed by atoms with Gasteiger partial charge in [0.25, 0.3) is 0 Å². The first-order valence-electron chi connectivity index (χ1n) is 9.23. The molecule has 5 nitrogen and oxygen atoms in total. The normalized spacial score (nSPS) is 29.4. The topological polar surface area (TPSA) is 56.8 Å². The molecule has 24 heavy (non-hydrogen) atoms. The Morgan fingerprint density at radius 1 is 1.08 bits per heavy atom. The molecule has 0 aromatic heterocycles. The molecule has 0 bridgehead atoms. The standard InChI is InChI=1S/C18H34BNO4/c1-16(2,3)22-15(21)20-14-10-8-13(9-11-14)12-19-23-17(4,5)18(6,7)24-19/h13-14H,8-12H2,1-7H3,(H,20,21). The summed E-state index contributed by atoms with van der Waals surface area (Å²) in [6.45, 7) is 14.0. The fraction of sp³-hybridized carbons (Fsp3) is 0.944. The number of amides is 1.